The molecule has 2 heterocycles. The first kappa shape index (κ1) is 30.9. The molecule has 6 aromatic rings. The average Bonchev–Trinajstić information content (AvgIpc) is 3.39. The number of para-hydroxylation sites is 1. The normalized spacial score (nSPS) is 11.3. The summed E-state index contributed by atoms with van der Waals surface area (Å²) in [4.78, 5) is 22.5. The number of ether oxygens (including phenoxy) is 1. The number of rotatable bonds is 10. The van der Waals surface area contributed by atoms with E-state index < -0.39 is 5.41 Å². The maximum absolute atomic E-state index is 11.8. The minimum Gasteiger partial charge on any atom is -0.487 e. The minimum atomic E-state index is -0.530. The van der Waals surface area contributed by atoms with Gasteiger partial charge in [0.25, 0.3) is 0 Å². The monoisotopic (exact) mass is 604 g/mol. The highest BCUT2D eigenvalue weighted by molar-refractivity contribution is 7.97. The van der Waals surface area contributed by atoms with Gasteiger partial charge in [-0.3, -0.25) is 5.14 Å². The number of carbonyl (C=O) groups excluding carboxylic acids is 1. The molecule has 0 spiro atoms. The summed E-state index contributed by atoms with van der Waals surface area (Å²) in [6.07, 6.45) is 1.54. The molecule has 0 unspecified atom stereocenters. The van der Waals surface area contributed by atoms with Gasteiger partial charge in [-0.05, 0) is 65.0 Å². The van der Waals surface area contributed by atoms with Gasteiger partial charge in [-0.2, -0.15) is 0 Å². The standard InChI is InChI=1S/C35H32N4O2S.CH4O/c1-35(2,23-40)20-34-38-32-19-29(41-22-28-14-11-27-5-3-4-6-31(27)37-28)15-18-33(32)39(34)21-24-7-9-25(10-8-24)26-12-16-30(42-36)17-13-26;1-2/h3-19,23H,20-22,36H2,1-2H3;2H,1H3. The van der Waals surface area contributed by atoms with Gasteiger partial charge >= 0.3 is 0 Å². The molecular formula is C36H36N4O3S. The number of carbonyl (C=O) groups is 1. The fourth-order valence-corrected chi connectivity index (χ4v) is 5.36. The highest BCUT2D eigenvalue weighted by atomic mass is 32.2. The van der Waals surface area contributed by atoms with Crippen molar-refractivity contribution >= 4 is 40.2 Å². The summed E-state index contributed by atoms with van der Waals surface area (Å²) in [6, 6.07) is 34.9. The third-order valence-corrected chi connectivity index (χ3v) is 7.94. The molecule has 224 valence electrons. The van der Waals surface area contributed by atoms with E-state index >= 15 is 0 Å². The summed E-state index contributed by atoms with van der Waals surface area (Å²) in [5.74, 6) is 1.60. The Morgan fingerprint density at radius 2 is 1.57 bits per heavy atom. The number of aliphatic hydroxyl groups is 1. The number of benzene rings is 4. The van der Waals surface area contributed by atoms with Crippen molar-refractivity contribution in [3.8, 4) is 16.9 Å². The lowest BCUT2D eigenvalue weighted by Gasteiger charge is -2.18. The number of pyridine rings is 1. The molecule has 0 aliphatic heterocycles. The second kappa shape index (κ2) is 13.9. The number of hydrogen-bond donors (Lipinski definition) is 2. The number of nitrogens with zero attached hydrogens (tertiary/aromatic N) is 3. The number of imidazole rings is 1. The first-order valence-electron chi connectivity index (χ1n) is 14.3. The number of hydrogen-bond acceptors (Lipinski definition) is 7. The van der Waals surface area contributed by atoms with Crippen LogP contribution >= 0.6 is 11.9 Å². The fourth-order valence-electron chi connectivity index (χ4n) is 5.07. The van der Waals surface area contributed by atoms with E-state index in [0.717, 1.165) is 74.2 Å². The van der Waals surface area contributed by atoms with Crippen LogP contribution < -0.4 is 9.88 Å². The van der Waals surface area contributed by atoms with Gasteiger partial charge in [0.15, 0.2) is 0 Å². The summed E-state index contributed by atoms with van der Waals surface area (Å²) >= 11 is 1.25. The van der Waals surface area contributed by atoms with Crippen molar-refractivity contribution in [1.82, 2.24) is 14.5 Å². The van der Waals surface area contributed by atoms with Crippen molar-refractivity contribution < 1.29 is 14.6 Å². The largest absolute Gasteiger partial charge is 0.487 e. The molecule has 7 nitrogen and oxygen atoms in total. The smallest absolute Gasteiger partial charge is 0.130 e. The van der Waals surface area contributed by atoms with E-state index in [2.05, 4.69) is 53.1 Å². The van der Waals surface area contributed by atoms with E-state index in [1.54, 1.807) is 0 Å². The molecule has 0 bridgehead atoms. The van der Waals surface area contributed by atoms with Crippen molar-refractivity contribution in [3.63, 3.8) is 0 Å². The molecule has 0 fully saturated rings. The Labute approximate surface area is 261 Å². The van der Waals surface area contributed by atoms with Gasteiger partial charge in [-0.15, -0.1) is 0 Å². The number of nitrogens with two attached hydrogens (primary N) is 1. The van der Waals surface area contributed by atoms with Crippen LogP contribution in [0.25, 0.3) is 33.1 Å². The Morgan fingerprint density at radius 3 is 2.27 bits per heavy atom. The molecule has 0 saturated carbocycles. The third-order valence-electron chi connectivity index (χ3n) is 7.39. The Kier molecular flexibility index (Phi) is 9.75. The molecule has 0 atom stereocenters. The van der Waals surface area contributed by atoms with E-state index in [9.17, 15) is 4.79 Å². The summed E-state index contributed by atoms with van der Waals surface area (Å²) < 4.78 is 8.34. The highest BCUT2D eigenvalue weighted by Gasteiger charge is 2.22. The van der Waals surface area contributed by atoms with E-state index in [1.807, 2.05) is 68.4 Å². The number of aromatic nitrogens is 3. The van der Waals surface area contributed by atoms with Crippen LogP contribution in [-0.2, 0) is 24.4 Å². The van der Waals surface area contributed by atoms with Crippen LogP contribution in [0.3, 0.4) is 0 Å². The van der Waals surface area contributed by atoms with Crippen LogP contribution in [-0.4, -0.2) is 33.0 Å². The van der Waals surface area contributed by atoms with Gasteiger partial charge in [0, 0.05) is 41.8 Å². The zero-order chi connectivity index (χ0) is 31.1. The first-order valence-corrected chi connectivity index (χ1v) is 15.2. The molecule has 2 aromatic heterocycles. The van der Waals surface area contributed by atoms with E-state index in [-0.39, 0.29) is 0 Å². The summed E-state index contributed by atoms with van der Waals surface area (Å²) in [6.45, 7) is 4.89. The minimum absolute atomic E-state index is 0.363. The topological polar surface area (TPSA) is 103 Å². The number of fused-ring (bicyclic) bond motifs is 2. The van der Waals surface area contributed by atoms with Gasteiger partial charge < -0.3 is 19.2 Å². The molecule has 0 amide bonds. The summed E-state index contributed by atoms with van der Waals surface area (Å²) in [5, 5.41) is 13.8. The van der Waals surface area contributed by atoms with Crippen LogP contribution in [0.1, 0.15) is 30.9 Å². The van der Waals surface area contributed by atoms with Crippen molar-refractivity contribution in [2.24, 2.45) is 10.6 Å². The molecule has 3 N–H and O–H groups in total. The van der Waals surface area contributed by atoms with Crippen LogP contribution in [0.4, 0.5) is 0 Å². The van der Waals surface area contributed by atoms with Crippen LogP contribution in [0, 0.1) is 5.41 Å². The number of aldehydes is 1. The molecule has 44 heavy (non-hydrogen) atoms. The van der Waals surface area contributed by atoms with Crippen molar-refractivity contribution in [2.75, 3.05) is 7.11 Å². The second-order valence-corrected chi connectivity index (χ2v) is 11.9. The van der Waals surface area contributed by atoms with Crippen molar-refractivity contribution in [2.45, 2.75) is 38.3 Å². The summed E-state index contributed by atoms with van der Waals surface area (Å²) in [5.41, 5.74) is 6.57. The molecule has 0 aliphatic carbocycles. The zero-order valence-corrected chi connectivity index (χ0v) is 25.9. The predicted molar refractivity (Wildman–Crippen MR) is 179 cm³/mol. The molecule has 6 rings (SSSR count). The molecule has 4 aromatic carbocycles. The van der Waals surface area contributed by atoms with E-state index in [0.29, 0.717) is 19.6 Å². The lowest BCUT2D eigenvalue weighted by Crippen LogP contribution is -2.20. The fraction of sp³-hybridized carbons (Fsp3) is 0.194. The lowest BCUT2D eigenvalue weighted by molar-refractivity contribution is -0.114. The van der Waals surface area contributed by atoms with Gasteiger partial charge in [0.2, 0.25) is 0 Å². The van der Waals surface area contributed by atoms with Crippen LogP contribution in [0.15, 0.2) is 108 Å². The Balaban J connectivity index is 0.00000188. The molecular weight excluding hydrogens is 568 g/mol. The van der Waals surface area contributed by atoms with Gasteiger partial charge in [-0.1, -0.05) is 74.5 Å². The van der Waals surface area contributed by atoms with Gasteiger partial charge in [0.05, 0.1) is 22.2 Å². The number of aliphatic hydroxyl groups excluding tert-OH is 1. The van der Waals surface area contributed by atoms with E-state index in [1.165, 1.54) is 11.9 Å². The molecule has 0 saturated heterocycles. The van der Waals surface area contributed by atoms with Crippen LogP contribution in [0.2, 0.25) is 0 Å². The molecule has 8 heteroatoms. The predicted octanol–water partition coefficient (Wildman–Crippen LogP) is 7.22. The zero-order valence-electron chi connectivity index (χ0n) is 25.1. The first-order chi connectivity index (χ1) is 21.4. The van der Waals surface area contributed by atoms with Gasteiger partial charge in [-0.25, -0.2) is 9.97 Å². The van der Waals surface area contributed by atoms with Gasteiger partial charge in [0.1, 0.15) is 24.5 Å². The Bertz CT molecular complexity index is 1870. The lowest BCUT2D eigenvalue weighted by atomic mass is 9.91. The maximum atomic E-state index is 11.8. The summed E-state index contributed by atoms with van der Waals surface area (Å²) in [7, 11) is 1.00. The average molecular weight is 605 g/mol. The van der Waals surface area contributed by atoms with E-state index in [4.69, 9.17) is 25.0 Å². The molecule has 0 aliphatic rings. The SMILES string of the molecule is CC(C)(C=O)Cc1nc2cc(OCc3ccc4ccccc4n3)ccc2n1Cc1ccc(-c2ccc(SN)cc2)cc1.CO. The highest BCUT2D eigenvalue weighted by Crippen LogP contribution is 2.28. The van der Waals surface area contributed by atoms with Crippen molar-refractivity contribution in [1.29, 1.82) is 0 Å². The maximum Gasteiger partial charge on any atom is 0.130 e. The second-order valence-electron chi connectivity index (χ2n) is 11.2. The quantitative estimate of drug-likeness (QED) is 0.126. The van der Waals surface area contributed by atoms with Crippen LogP contribution in [0.5, 0.6) is 5.75 Å². The molecule has 0 radical (unpaired) electrons. The van der Waals surface area contributed by atoms with Crippen molar-refractivity contribution in [3.05, 3.63) is 120 Å². The Morgan fingerprint density at radius 1 is 0.864 bits per heavy atom. The third kappa shape index (κ3) is 7.17. The Hall–Kier alpha value is -4.50.